The lowest BCUT2D eigenvalue weighted by molar-refractivity contribution is 0.752. The number of terminal acetylenes is 1. The normalized spacial score (nSPS) is 12.3. The van der Waals surface area contributed by atoms with Gasteiger partial charge in [-0.1, -0.05) is 19.3 Å². The van der Waals surface area contributed by atoms with Gasteiger partial charge in [0.15, 0.2) is 5.82 Å². The minimum Gasteiger partial charge on any atom is -0.355 e. The van der Waals surface area contributed by atoms with Crippen molar-refractivity contribution >= 4 is 11.3 Å². The van der Waals surface area contributed by atoms with E-state index in [-0.39, 0.29) is 6.04 Å². The van der Waals surface area contributed by atoms with Crippen LogP contribution >= 0.6 is 0 Å². The van der Waals surface area contributed by atoms with E-state index < -0.39 is 0 Å². The first kappa shape index (κ1) is 11.5. The molecule has 0 aliphatic carbocycles. The molecule has 0 bridgehead atoms. The summed E-state index contributed by atoms with van der Waals surface area (Å²) in [6.45, 7) is 4.07. The van der Waals surface area contributed by atoms with Gasteiger partial charge in [0.1, 0.15) is 5.52 Å². The monoisotopic (exact) mass is 228 g/mol. The second-order valence-corrected chi connectivity index (χ2v) is 4.04. The van der Waals surface area contributed by atoms with Gasteiger partial charge in [0.2, 0.25) is 0 Å². The zero-order chi connectivity index (χ0) is 12.3. The first-order valence-corrected chi connectivity index (χ1v) is 5.78. The number of aromatic nitrogens is 3. The molecule has 2 heterocycles. The smallest absolute Gasteiger partial charge is 0.153 e. The van der Waals surface area contributed by atoms with Crippen molar-refractivity contribution in [3.8, 4) is 12.3 Å². The van der Waals surface area contributed by atoms with Gasteiger partial charge in [-0.15, -0.1) is 6.42 Å². The molecule has 0 amide bonds. The topological polar surface area (TPSA) is 42.2 Å². The predicted octanol–water partition coefficient (Wildman–Crippen LogP) is 2.25. The quantitative estimate of drug-likeness (QED) is 0.816. The Morgan fingerprint density at radius 1 is 1.59 bits per heavy atom. The summed E-state index contributed by atoms with van der Waals surface area (Å²) < 4.78 is 1.81. The molecule has 4 heteroatoms. The summed E-state index contributed by atoms with van der Waals surface area (Å²) in [5, 5.41) is 7.62. The Bertz CT molecular complexity index is 550. The van der Waals surface area contributed by atoms with E-state index in [0.29, 0.717) is 0 Å². The highest BCUT2D eigenvalue weighted by Crippen LogP contribution is 2.16. The molecule has 0 saturated carbocycles. The van der Waals surface area contributed by atoms with E-state index >= 15 is 0 Å². The van der Waals surface area contributed by atoms with Gasteiger partial charge in [0.05, 0.1) is 11.7 Å². The van der Waals surface area contributed by atoms with Crippen molar-refractivity contribution in [3.63, 3.8) is 0 Å². The van der Waals surface area contributed by atoms with E-state index in [1.165, 1.54) is 0 Å². The van der Waals surface area contributed by atoms with Gasteiger partial charge >= 0.3 is 0 Å². The van der Waals surface area contributed by atoms with Gasteiger partial charge in [0.25, 0.3) is 0 Å². The highest BCUT2D eigenvalue weighted by atomic mass is 15.2. The van der Waals surface area contributed by atoms with Crippen LogP contribution in [-0.2, 0) is 0 Å². The van der Waals surface area contributed by atoms with Gasteiger partial charge in [-0.05, 0) is 19.4 Å². The number of nitrogens with one attached hydrogen (secondary N) is 1. The minimum atomic E-state index is 0.0221. The Hall–Kier alpha value is -2.02. The molecular weight excluding hydrogens is 212 g/mol. The Morgan fingerprint density at radius 2 is 2.41 bits per heavy atom. The zero-order valence-corrected chi connectivity index (χ0v) is 10.1. The molecule has 1 unspecified atom stereocenters. The van der Waals surface area contributed by atoms with E-state index in [1.54, 1.807) is 6.20 Å². The maximum absolute atomic E-state index is 5.49. The van der Waals surface area contributed by atoms with Crippen LogP contribution in [0.15, 0.2) is 18.5 Å². The Balaban J connectivity index is 2.32. The summed E-state index contributed by atoms with van der Waals surface area (Å²) in [6.07, 6.45) is 11.0. The molecule has 0 saturated heterocycles. The van der Waals surface area contributed by atoms with Gasteiger partial charge in [-0.25, -0.2) is 9.50 Å². The third-order valence-electron chi connectivity index (χ3n) is 2.60. The molecule has 2 aromatic heterocycles. The zero-order valence-electron chi connectivity index (χ0n) is 10.1. The molecule has 4 nitrogen and oxygen atoms in total. The van der Waals surface area contributed by atoms with Crippen LogP contribution in [0.3, 0.4) is 0 Å². The molecule has 2 aromatic rings. The summed E-state index contributed by atoms with van der Waals surface area (Å²) >= 11 is 0. The van der Waals surface area contributed by atoms with Crippen molar-refractivity contribution in [2.45, 2.75) is 32.7 Å². The second kappa shape index (κ2) is 4.88. The van der Waals surface area contributed by atoms with Crippen LogP contribution in [0.5, 0.6) is 0 Å². The Kier molecular flexibility index (Phi) is 3.29. The first-order chi connectivity index (χ1) is 8.24. The molecule has 1 N–H and O–H groups in total. The number of hydrogen-bond donors (Lipinski definition) is 1. The van der Waals surface area contributed by atoms with E-state index in [2.05, 4.69) is 28.2 Å². The maximum Gasteiger partial charge on any atom is 0.153 e. The van der Waals surface area contributed by atoms with Crippen LogP contribution in [-0.4, -0.2) is 20.6 Å². The second-order valence-electron chi connectivity index (χ2n) is 4.04. The van der Waals surface area contributed by atoms with E-state index in [9.17, 15) is 0 Å². The van der Waals surface area contributed by atoms with Gasteiger partial charge < -0.3 is 5.32 Å². The molecule has 1 atom stereocenters. The summed E-state index contributed by atoms with van der Waals surface area (Å²) in [7, 11) is 0. The van der Waals surface area contributed by atoms with Crippen molar-refractivity contribution in [3.05, 3.63) is 24.2 Å². The highest BCUT2D eigenvalue weighted by Gasteiger charge is 2.09. The number of fused-ring (bicyclic) bond motifs is 1. The lowest BCUT2D eigenvalue weighted by atomic mass is 10.2. The van der Waals surface area contributed by atoms with Crippen LogP contribution in [0.1, 0.15) is 25.5 Å². The summed E-state index contributed by atoms with van der Waals surface area (Å²) in [6, 6.07) is 2.02. The number of anilines is 1. The Labute approximate surface area is 101 Å². The van der Waals surface area contributed by atoms with Crippen molar-refractivity contribution < 1.29 is 0 Å². The molecule has 0 spiro atoms. The standard InChI is InChI=1S/C13H16N4/c1-4-6-11(5-2)15-13-12-9-10(3)16-17(12)8-7-14-13/h2,7-9,11H,4,6H2,1,3H3,(H,14,15). The average molecular weight is 228 g/mol. The highest BCUT2D eigenvalue weighted by molar-refractivity contribution is 5.68. The van der Waals surface area contributed by atoms with Crippen molar-refractivity contribution in [2.24, 2.45) is 0 Å². The molecule has 0 aliphatic heterocycles. The van der Waals surface area contributed by atoms with Gasteiger partial charge in [-0.3, -0.25) is 0 Å². The first-order valence-electron chi connectivity index (χ1n) is 5.78. The summed E-state index contributed by atoms with van der Waals surface area (Å²) in [4.78, 5) is 4.32. The van der Waals surface area contributed by atoms with Crippen molar-refractivity contribution in [2.75, 3.05) is 5.32 Å². The number of aryl methyl sites for hydroxylation is 1. The van der Waals surface area contributed by atoms with Crippen LogP contribution in [0, 0.1) is 19.3 Å². The molecule has 0 aliphatic rings. The van der Waals surface area contributed by atoms with Crippen LogP contribution in [0.4, 0.5) is 5.82 Å². The van der Waals surface area contributed by atoms with Crippen LogP contribution in [0.2, 0.25) is 0 Å². The average Bonchev–Trinajstić information content (AvgIpc) is 2.70. The lowest BCUT2D eigenvalue weighted by Gasteiger charge is -2.13. The third kappa shape index (κ3) is 2.39. The molecule has 0 radical (unpaired) electrons. The van der Waals surface area contributed by atoms with Crippen molar-refractivity contribution in [1.82, 2.24) is 14.6 Å². The molecule has 88 valence electrons. The van der Waals surface area contributed by atoms with Gasteiger partial charge in [0, 0.05) is 12.4 Å². The van der Waals surface area contributed by atoms with Gasteiger partial charge in [-0.2, -0.15) is 5.10 Å². The van der Waals surface area contributed by atoms with Crippen molar-refractivity contribution in [1.29, 1.82) is 0 Å². The third-order valence-corrected chi connectivity index (χ3v) is 2.60. The number of rotatable bonds is 4. The SMILES string of the molecule is C#CC(CCC)Nc1nccn2nc(C)cc12. The van der Waals surface area contributed by atoms with E-state index in [0.717, 1.165) is 29.9 Å². The van der Waals surface area contributed by atoms with E-state index in [1.807, 2.05) is 23.7 Å². The predicted molar refractivity (Wildman–Crippen MR) is 68.9 cm³/mol. The van der Waals surface area contributed by atoms with E-state index in [4.69, 9.17) is 6.42 Å². The minimum absolute atomic E-state index is 0.0221. The molecule has 0 fully saturated rings. The lowest BCUT2D eigenvalue weighted by Crippen LogP contribution is -2.18. The largest absolute Gasteiger partial charge is 0.355 e. The number of nitrogens with zero attached hydrogens (tertiary/aromatic N) is 3. The Morgan fingerprint density at radius 3 is 3.12 bits per heavy atom. The summed E-state index contributed by atoms with van der Waals surface area (Å²) in [5.74, 6) is 3.54. The molecule has 0 aromatic carbocycles. The summed E-state index contributed by atoms with van der Waals surface area (Å²) in [5.41, 5.74) is 1.93. The maximum atomic E-state index is 5.49. The van der Waals surface area contributed by atoms with Crippen LogP contribution in [0.25, 0.3) is 5.52 Å². The fraction of sp³-hybridized carbons (Fsp3) is 0.385. The molecular formula is C13H16N4. The molecule has 2 rings (SSSR count). The number of hydrogen-bond acceptors (Lipinski definition) is 3. The fourth-order valence-corrected chi connectivity index (χ4v) is 1.81. The fourth-order valence-electron chi connectivity index (χ4n) is 1.81. The van der Waals surface area contributed by atoms with Crippen LogP contribution < -0.4 is 5.32 Å². The molecule has 17 heavy (non-hydrogen) atoms.